The van der Waals surface area contributed by atoms with Gasteiger partial charge in [-0.1, -0.05) is 41.9 Å². The predicted octanol–water partition coefficient (Wildman–Crippen LogP) is 0.692. The van der Waals surface area contributed by atoms with Crippen molar-refractivity contribution in [2.75, 3.05) is 20.1 Å². The van der Waals surface area contributed by atoms with Crippen molar-refractivity contribution in [3.05, 3.63) is 35.9 Å². The number of nitrogens with zero attached hydrogens (tertiary/aromatic N) is 2. The van der Waals surface area contributed by atoms with Gasteiger partial charge in [-0.15, -0.1) is 0 Å². The van der Waals surface area contributed by atoms with Crippen LogP contribution in [0.15, 0.2) is 30.3 Å². The number of hydroxylamine groups is 2. The van der Waals surface area contributed by atoms with Crippen LogP contribution in [-0.4, -0.2) is 53.8 Å². The fourth-order valence-corrected chi connectivity index (χ4v) is 3.14. The van der Waals surface area contributed by atoms with Crippen molar-refractivity contribution in [1.29, 1.82) is 0 Å². The summed E-state index contributed by atoms with van der Waals surface area (Å²) in [6.07, 6.45) is 0.512. The molecular formula is C15H21ClN4O2. The van der Waals surface area contributed by atoms with Gasteiger partial charge in [0, 0.05) is 33.1 Å². The molecule has 3 unspecified atom stereocenters. The van der Waals surface area contributed by atoms with Crippen molar-refractivity contribution in [2.45, 2.75) is 30.6 Å². The van der Waals surface area contributed by atoms with Crippen molar-refractivity contribution in [3.8, 4) is 0 Å². The van der Waals surface area contributed by atoms with Crippen molar-refractivity contribution < 1.29 is 9.63 Å². The van der Waals surface area contributed by atoms with Gasteiger partial charge in [-0.3, -0.25) is 15.1 Å². The van der Waals surface area contributed by atoms with E-state index < -0.39 is 5.56 Å². The first-order valence-corrected chi connectivity index (χ1v) is 7.92. The van der Waals surface area contributed by atoms with E-state index in [1.54, 1.807) is 7.05 Å². The number of rotatable bonds is 4. The molecule has 120 valence electrons. The fraction of sp³-hybridized carbons (Fsp3) is 0.533. The summed E-state index contributed by atoms with van der Waals surface area (Å²) in [5.74, 6) is -0.0287. The molecule has 22 heavy (non-hydrogen) atoms. The highest BCUT2D eigenvalue weighted by Crippen LogP contribution is 2.22. The van der Waals surface area contributed by atoms with Gasteiger partial charge in [-0.2, -0.15) is 5.06 Å². The Morgan fingerprint density at radius 1 is 1.45 bits per heavy atom. The van der Waals surface area contributed by atoms with Crippen LogP contribution < -0.4 is 10.7 Å². The van der Waals surface area contributed by atoms with E-state index in [-0.39, 0.29) is 18.0 Å². The van der Waals surface area contributed by atoms with Crippen LogP contribution in [0, 0.1) is 0 Å². The molecule has 2 heterocycles. The van der Waals surface area contributed by atoms with Gasteiger partial charge in [0.1, 0.15) is 6.04 Å². The van der Waals surface area contributed by atoms with Crippen molar-refractivity contribution in [2.24, 2.45) is 0 Å². The first-order valence-electron chi connectivity index (χ1n) is 7.48. The molecule has 2 N–H and O–H groups in total. The lowest BCUT2D eigenvalue weighted by molar-refractivity contribution is -0.147. The third kappa shape index (κ3) is 3.77. The molecule has 3 rings (SSSR count). The topological polar surface area (TPSA) is 56.8 Å². The van der Waals surface area contributed by atoms with Gasteiger partial charge in [0.25, 0.3) is 0 Å². The molecule has 0 aromatic heterocycles. The van der Waals surface area contributed by atoms with Crippen LogP contribution in [0.5, 0.6) is 0 Å². The number of hydrogen-bond acceptors (Lipinski definition) is 5. The second-order valence-electron chi connectivity index (χ2n) is 5.75. The van der Waals surface area contributed by atoms with Crippen LogP contribution in [0.1, 0.15) is 12.0 Å². The van der Waals surface area contributed by atoms with E-state index in [9.17, 15) is 4.79 Å². The maximum Gasteiger partial charge on any atom is 0.240 e. The highest BCUT2D eigenvalue weighted by molar-refractivity contribution is 6.20. The Labute approximate surface area is 135 Å². The van der Waals surface area contributed by atoms with Gasteiger partial charge in [0.2, 0.25) is 5.91 Å². The number of amides is 1. The summed E-state index contributed by atoms with van der Waals surface area (Å²) in [5, 5.41) is 6.73. The third-order valence-electron chi connectivity index (χ3n) is 4.00. The van der Waals surface area contributed by atoms with Gasteiger partial charge in [0.15, 0.2) is 5.56 Å². The number of likely N-dealkylation sites (N-methyl/N-ethyl adjacent to an activating group) is 1. The van der Waals surface area contributed by atoms with E-state index in [0.717, 1.165) is 19.6 Å². The summed E-state index contributed by atoms with van der Waals surface area (Å²) in [6.45, 7) is 2.34. The first-order chi connectivity index (χ1) is 10.6. The standard InChI is InChI=1S/C15H21ClN4O2/c1-19-13(7-14(16)22-19)15(21)18-12-8-17-20(10-12)9-11-5-3-2-4-6-11/h2-6,12-14,17H,7-10H2,1H3,(H,18,21). The van der Waals surface area contributed by atoms with Crippen molar-refractivity contribution >= 4 is 17.5 Å². The van der Waals surface area contributed by atoms with E-state index in [4.69, 9.17) is 16.4 Å². The van der Waals surface area contributed by atoms with Crippen LogP contribution >= 0.6 is 11.6 Å². The van der Waals surface area contributed by atoms with Crippen molar-refractivity contribution in [1.82, 2.24) is 20.8 Å². The SMILES string of the molecule is CN1OC(Cl)CC1C(=O)NC1CNN(Cc2ccccc2)C1. The van der Waals surface area contributed by atoms with Gasteiger partial charge < -0.3 is 5.32 Å². The zero-order valence-corrected chi connectivity index (χ0v) is 13.3. The van der Waals surface area contributed by atoms with Gasteiger partial charge in [-0.25, -0.2) is 5.01 Å². The van der Waals surface area contributed by atoms with Crippen LogP contribution in [0.3, 0.4) is 0 Å². The molecule has 2 saturated heterocycles. The molecule has 0 radical (unpaired) electrons. The maximum absolute atomic E-state index is 12.3. The Kier molecular flexibility index (Phi) is 4.95. The molecule has 2 fully saturated rings. The molecule has 1 aromatic rings. The van der Waals surface area contributed by atoms with Gasteiger partial charge >= 0.3 is 0 Å². The largest absolute Gasteiger partial charge is 0.349 e. The summed E-state index contributed by atoms with van der Waals surface area (Å²) in [4.78, 5) is 17.6. The quantitative estimate of drug-likeness (QED) is 0.798. The number of halogens is 1. The number of benzene rings is 1. The predicted molar refractivity (Wildman–Crippen MR) is 83.7 cm³/mol. The summed E-state index contributed by atoms with van der Waals surface area (Å²) in [6, 6.07) is 10.0. The Morgan fingerprint density at radius 2 is 2.23 bits per heavy atom. The normalized spacial score (nSPS) is 29.8. The minimum atomic E-state index is -0.419. The molecule has 0 spiro atoms. The molecule has 1 aromatic carbocycles. The summed E-state index contributed by atoms with van der Waals surface area (Å²) in [5.41, 5.74) is 4.15. The number of hydrogen-bond donors (Lipinski definition) is 2. The number of carbonyl (C=O) groups excluding carboxylic acids is 1. The Balaban J connectivity index is 1.48. The average Bonchev–Trinajstić information content (AvgIpc) is 3.06. The van der Waals surface area contributed by atoms with E-state index >= 15 is 0 Å². The first kappa shape index (κ1) is 15.7. The van der Waals surface area contributed by atoms with Crippen LogP contribution in [-0.2, 0) is 16.2 Å². The van der Waals surface area contributed by atoms with Gasteiger partial charge in [0.05, 0.1) is 6.04 Å². The molecule has 0 aliphatic carbocycles. The number of carbonyl (C=O) groups is 1. The fourth-order valence-electron chi connectivity index (χ4n) is 2.85. The number of hydrazine groups is 1. The van der Waals surface area contributed by atoms with Gasteiger partial charge in [-0.05, 0) is 5.56 Å². The van der Waals surface area contributed by atoms with E-state index in [2.05, 4.69) is 27.9 Å². The molecule has 0 saturated carbocycles. The molecule has 2 aliphatic heterocycles. The molecule has 1 amide bonds. The number of nitrogens with one attached hydrogen (secondary N) is 2. The summed E-state index contributed by atoms with van der Waals surface area (Å²) in [7, 11) is 1.74. The molecular weight excluding hydrogens is 304 g/mol. The Bertz CT molecular complexity index is 516. The van der Waals surface area contributed by atoms with Crippen LogP contribution in [0.2, 0.25) is 0 Å². The zero-order valence-electron chi connectivity index (χ0n) is 12.5. The van der Waals surface area contributed by atoms with E-state index in [1.165, 1.54) is 10.6 Å². The highest BCUT2D eigenvalue weighted by Gasteiger charge is 2.36. The molecule has 0 bridgehead atoms. The smallest absolute Gasteiger partial charge is 0.240 e. The lowest BCUT2D eigenvalue weighted by Crippen LogP contribution is -2.47. The molecule has 2 aliphatic rings. The lowest BCUT2D eigenvalue weighted by Gasteiger charge is -2.20. The molecule has 7 heteroatoms. The van der Waals surface area contributed by atoms with E-state index in [0.29, 0.717) is 6.42 Å². The van der Waals surface area contributed by atoms with Crippen molar-refractivity contribution in [3.63, 3.8) is 0 Å². The monoisotopic (exact) mass is 324 g/mol. The minimum Gasteiger partial charge on any atom is -0.349 e. The molecule has 3 atom stereocenters. The van der Waals surface area contributed by atoms with E-state index in [1.807, 2.05) is 18.2 Å². The average molecular weight is 325 g/mol. The maximum atomic E-state index is 12.3. The zero-order chi connectivity index (χ0) is 15.5. The van der Waals surface area contributed by atoms with Crippen LogP contribution in [0.4, 0.5) is 0 Å². The molecule has 6 nitrogen and oxygen atoms in total. The lowest BCUT2D eigenvalue weighted by atomic mass is 10.2. The number of alkyl halides is 1. The Hall–Kier alpha value is -1.18. The third-order valence-corrected chi connectivity index (χ3v) is 4.25. The Morgan fingerprint density at radius 3 is 2.91 bits per heavy atom. The summed E-state index contributed by atoms with van der Waals surface area (Å²) < 4.78 is 0. The summed E-state index contributed by atoms with van der Waals surface area (Å²) >= 11 is 5.91. The highest BCUT2D eigenvalue weighted by atomic mass is 35.5. The second kappa shape index (κ2) is 6.93. The minimum absolute atomic E-state index is 0.0287. The van der Waals surface area contributed by atoms with Crippen LogP contribution in [0.25, 0.3) is 0 Å². The second-order valence-corrected chi connectivity index (χ2v) is 6.23.